The minimum absolute atomic E-state index is 0.00977. The number of nitrogens with one attached hydrogen (secondary N) is 1. The van der Waals surface area contributed by atoms with Crippen LogP contribution in [0.5, 0.6) is 0 Å². The Balaban J connectivity index is 2.24. The van der Waals surface area contributed by atoms with E-state index in [1.54, 1.807) is 11.4 Å². The minimum Gasteiger partial charge on any atom is -0.477 e. The zero-order valence-electron chi connectivity index (χ0n) is 10.4. The monoisotopic (exact) mass is 379 g/mol. The van der Waals surface area contributed by atoms with Gasteiger partial charge in [0.25, 0.3) is 0 Å². The molecule has 0 spiro atoms. The fourth-order valence-corrected chi connectivity index (χ4v) is 2.88. The van der Waals surface area contributed by atoms with Crippen molar-refractivity contribution in [2.24, 2.45) is 0 Å². The van der Waals surface area contributed by atoms with Crippen molar-refractivity contribution >= 4 is 38.9 Å². The lowest BCUT2D eigenvalue weighted by molar-refractivity contribution is -0.137. The molecule has 0 aliphatic carbocycles. The van der Waals surface area contributed by atoms with Gasteiger partial charge in [0.15, 0.2) is 0 Å². The van der Waals surface area contributed by atoms with E-state index in [1.165, 1.54) is 12.1 Å². The highest BCUT2D eigenvalue weighted by atomic mass is 79.9. The Morgan fingerprint density at radius 1 is 1.33 bits per heavy atom. The zero-order valence-corrected chi connectivity index (χ0v) is 12.8. The summed E-state index contributed by atoms with van der Waals surface area (Å²) in [6.45, 7) is 0.00977. The Bertz CT molecular complexity index is 670. The molecule has 2 rings (SSSR count). The van der Waals surface area contributed by atoms with Gasteiger partial charge < -0.3 is 10.4 Å². The number of carboxylic acids is 1. The zero-order chi connectivity index (χ0) is 15.6. The van der Waals surface area contributed by atoms with Gasteiger partial charge in [-0.1, -0.05) is 15.9 Å². The van der Waals surface area contributed by atoms with Gasteiger partial charge in [-0.3, -0.25) is 0 Å². The average Bonchev–Trinajstić information content (AvgIpc) is 2.84. The first-order valence-electron chi connectivity index (χ1n) is 5.69. The largest absolute Gasteiger partial charge is 0.477 e. The summed E-state index contributed by atoms with van der Waals surface area (Å²) in [7, 11) is 0. The lowest BCUT2D eigenvalue weighted by atomic mass is 10.1. The van der Waals surface area contributed by atoms with Crippen molar-refractivity contribution in [3.8, 4) is 0 Å². The van der Waals surface area contributed by atoms with Crippen molar-refractivity contribution in [3.05, 3.63) is 50.1 Å². The van der Waals surface area contributed by atoms with Crippen molar-refractivity contribution < 1.29 is 23.1 Å². The Morgan fingerprint density at radius 2 is 2.05 bits per heavy atom. The fraction of sp³-hybridized carbons (Fsp3) is 0.154. The molecule has 0 bridgehead atoms. The number of carboxylic acid groups (broad SMARTS) is 1. The molecule has 0 atom stereocenters. The standard InChI is InChI=1S/C13H9BrF3NO2S/c14-8-1-2-10(9(5-8)13(15,16)17)18-6-7-3-4-21-11(7)12(19)20/h1-5,18H,6H2,(H,19,20). The Labute approximate surface area is 130 Å². The van der Waals surface area contributed by atoms with E-state index in [-0.39, 0.29) is 17.1 Å². The van der Waals surface area contributed by atoms with Gasteiger partial charge in [-0.2, -0.15) is 13.2 Å². The number of benzene rings is 1. The first-order valence-corrected chi connectivity index (χ1v) is 7.36. The topological polar surface area (TPSA) is 49.3 Å². The maximum Gasteiger partial charge on any atom is 0.418 e. The van der Waals surface area contributed by atoms with Crippen LogP contribution < -0.4 is 5.32 Å². The normalized spacial score (nSPS) is 11.4. The van der Waals surface area contributed by atoms with Crippen LogP contribution in [-0.4, -0.2) is 11.1 Å². The summed E-state index contributed by atoms with van der Waals surface area (Å²) in [5.74, 6) is -1.09. The Kier molecular flexibility index (Phi) is 4.58. The predicted octanol–water partition coefficient (Wildman–Crippen LogP) is 4.84. The van der Waals surface area contributed by atoms with Crippen LogP contribution in [-0.2, 0) is 12.7 Å². The van der Waals surface area contributed by atoms with E-state index in [2.05, 4.69) is 21.2 Å². The Hall–Kier alpha value is -1.54. The lowest BCUT2D eigenvalue weighted by Crippen LogP contribution is -2.11. The third-order valence-corrected chi connectivity index (χ3v) is 4.14. The molecule has 0 fully saturated rings. The third-order valence-electron chi connectivity index (χ3n) is 2.70. The average molecular weight is 380 g/mol. The summed E-state index contributed by atoms with van der Waals surface area (Å²) in [6, 6.07) is 5.35. The van der Waals surface area contributed by atoms with E-state index in [0.29, 0.717) is 10.0 Å². The molecule has 2 aromatic rings. The molecule has 0 saturated heterocycles. The highest BCUT2D eigenvalue weighted by Gasteiger charge is 2.33. The second kappa shape index (κ2) is 6.07. The van der Waals surface area contributed by atoms with Gasteiger partial charge in [-0.05, 0) is 35.2 Å². The van der Waals surface area contributed by atoms with Crippen molar-refractivity contribution in [3.63, 3.8) is 0 Å². The van der Waals surface area contributed by atoms with Crippen LogP contribution >= 0.6 is 27.3 Å². The summed E-state index contributed by atoms with van der Waals surface area (Å²) in [4.78, 5) is 11.1. The SMILES string of the molecule is O=C(O)c1sccc1CNc1ccc(Br)cc1C(F)(F)F. The molecular formula is C13H9BrF3NO2S. The molecule has 21 heavy (non-hydrogen) atoms. The maximum absolute atomic E-state index is 12.9. The number of carbonyl (C=O) groups is 1. The molecule has 0 saturated carbocycles. The molecular weight excluding hydrogens is 371 g/mol. The van der Waals surface area contributed by atoms with Crippen molar-refractivity contribution in [1.82, 2.24) is 0 Å². The van der Waals surface area contributed by atoms with E-state index in [1.807, 2.05) is 0 Å². The van der Waals surface area contributed by atoms with Crippen molar-refractivity contribution in [2.75, 3.05) is 5.32 Å². The van der Waals surface area contributed by atoms with E-state index < -0.39 is 17.7 Å². The summed E-state index contributed by atoms with van der Waals surface area (Å²) in [5.41, 5.74) is -0.444. The number of rotatable bonds is 4. The highest BCUT2D eigenvalue weighted by molar-refractivity contribution is 9.10. The first-order chi connectivity index (χ1) is 9.79. The second-order valence-electron chi connectivity index (χ2n) is 4.12. The van der Waals surface area contributed by atoms with Gasteiger partial charge >= 0.3 is 12.1 Å². The van der Waals surface area contributed by atoms with Gasteiger partial charge in [0.2, 0.25) is 0 Å². The number of thiophene rings is 1. The molecule has 8 heteroatoms. The molecule has 112 valence electrons. The van der Waals surface area contributed by atoms with Crippen LogP contribution in [0.1, 0.15) is 20.8 Å². The lowest BCUT2D eigenvalue weighted by Gasteiger charge is -2.15. The predicted molar refractivity (Wildman–Crippen MR) is 77.7 cm³/mol. The smallest absolute Gasteiger partial charge is 0.418 e. The number of aromatic carboxylic acids is 1. The van der Waals surface area contributed by atoms with E-state index in [0.717, 1.165) is 17.4 Å². The molecule has 0 aliphatic heterocycles. The number of alkyl halides is 3. The Morgan fingerprint density at radius 3 is 2.67 bits per heavy atom. The molecule has 2 N–H and O–H groups in total. The van der Waals surface area contributed by atoms with Crippen molar-refractivity contribution in [1.29, 1.82) is 0 Å². The van der Waals surface area contributed by atoms with Gasteiger partial charge in [-0.25, -0.2) is 4.79 Å². The summed E-state index contributed by atoms with van der Waals surface area (Å²) in [5, 5.41) is 13.2. The van der Waals surface area contributed by atoms with Crippen LogP contribution in [0.3, 0.4) is 0 Å². The van der Waals surface area contributed by atoms with Crippen LogP contribution in [0, 0.1) is 0 Å². The molecule has 1 aromatic carbocycles. The van der Waals surface area contributed by atoms with Crippen LogP contribution in [0.25, 0.3) is 0 Å². The van der Waals surface area contributed by atoms with Crippen LogP contribution in [0.15, 0.2) is 34.1 Å². The number of hydrogen-bond acceptors (Lipinski definition) is 3. The van der Waals surface area contributed by atoms with E-state index in [9.17, 15) is 18.0 Å². The molecule has 1 heterocycles. The van der Waals surface area contributed by atoms with Gasteiger partial charge in [0.05, 0.1) is 5.56 Å². The number of halogens is 4. The van der Waals surface area contributed by atoms with E-state index in [4.69, 9.17) is 5.11 Å². The second-order valence-corrected chi connectivity index (χ2v) is 5.95. The maximum atomic E-state index is 12.9. The summed E-state index contributed by atoms with van der Waals surface area (Å²) in [6.07, 6.45) is -4.49. The highest BCUT2D eigenvalue weighted by Crippen LogP contribution is 2.36. The van der Waals surface area contributed by atoms with Gasteiger partial charge in [-0.15, -0.1) is 11.3 Å². The van der Waals surface area contributed by atoms with Gasteiger partial charge in [0, 0.05) is 16.7 Å². The first kappa shape index (κ1) is 15.8. The third kappa shape index (κ3) is 3.76. The summed E-state index contributed by atoms with van der Waals surface area (Å²) >= 11 is 4.04. The molecule has 0 unspecified atom stereocenters. The van der Waals surface area contributed by atoms with Crippen LogP contribution in [0.4, 0.5) is 18.9 Å². The van der Waals surface area contributed by atoms with Crippen molar-refractivity contribution in [2.45, 2.75) is 12.7 Å². The molecule has 0 radical (unpaired) electrons. The molecule has 0 amide bonds. The number of hydrogen-bond donors (Lipinski definition) is 2. The van der Waals surface area contributed by atoms with E-state index >= 15 is 0 Å². The minimum atomic E-state index is -4.49. The van der Waals surface area contributed by atoms with Gasteiger partial charge in [0.1, 0.15) is 4.88 Å². The molecule has 1 aromatic heterocycles. The summed E-state index contributed by atoms with van der Waals surface area (Å²) < 4.78 is 39.2. The van der Waals surface area contributed by atoms with Crippen LogP contribution in [0.2, 0.25) is 0 Å². The quantitative estimate of drug-likeness (QED) is 0.798. The fourth-order valence-electron chi connectivity index (χ4n) is 1.76. The molecule has 3 nitrogen and oxygen atoms in total. The number of anilines is 1. The molecule has 0 aliphatic rings.